The number of benzene rings is 1. The van der Waals surface area contributed by atoms with Gasteiger partial charge in [-0.15, -0.1) is 0 Å². The Morgan fingerprint density at radius 3 is 2.56 bits per heavy atom. The van der Waals surface area contributed by atoms with Crippen LogP contribution in [-0.4, -0.2) is 38.0 Å². The monoisotopic (exact) mass is 365 g/mol. The van der Waals surface area contributed by atoms with E-state index in [-0.39, 0.29) is 18.9 Å². The second-order valence-electron chi connectivity index (χ2n) is 6.65. The van der Waals surface area contributed by atoms with Gasteiger partial charge >= 0.3 is 0 Å². The predicted molar refractivity (Wildman–Crippen MR) is 103 cm³/mol. The molecule has 0 saturated carbocycles. The zero-order valence-electron chi connectivity index (χ0n) is 15.8. The van der Waals surface area contributed by atoms with Crippen LogP contribution in [0.2, 0.25) is 0 Å². The van der Waals surface area contributed by atoms with E-state index in [2.05, 4.69) is 10.1 Å². The predicted octanol–water partition coefficient (Wildman–Crippen LogP) is 2.10. The number of primary amides is 1. The summed E-state index contributed by atoms with van der Waals surface area (Å²) < 4.78 is 1.68. The quantitative estimate of drug-likeness (QED) is 0.724. The molecule has 0 aliphatic carbocycles. The van der Waals surface area contributed by atoms with Crippen molar-refractivity contribution >= 4 is 22.8 Å². The van der Waals surface area contributed by atoms with Crippen LogP contribution in [-0.2, 0) is 18.4 Å². The maximum atomic E-state index is 13.4. The van der Waals surface area contributed by atoms with E-state index >= 15 is 0 Å². The average Bonchev–Trinajstić information content (AvgIpc) is 2.92. The minimum absolute atomic E-state index is 0.109. The van der Waals surface area contributed by atoms with Crippen molar-refractivity contribution in [3.05, 3.63) is 58.9 Å². The molecule has 0 aliphatic heterocycles. The van der Waals surface area contributed by atoms with Crippen molar-refractivity contribution < 1.29 is 9.59 Å². The second-order valence-corrected chi connectivity index (χ2v) is 6.65. The fraction of sp³-hybridized carbons (Fsp3) is 0.300. The molecule has 7 heteroatoms. The summed E-state index contributed by atoms with van der Waals surface area (Å²) >= 11 is 0. The van der Waals surface area contributed by atoms with Gasteiger partial charge in [0.1, 0.15) is 0 Å². The van der Waals surface area contributed by atoms with Crippen LogP contribution in [0.1, 0.15) is 33.7 Å². The van der Waals surface area contributed by atoms with Crippen molar-refractivity contribution in [2.24, 2.45) is 12.8 Å². The number of nitrogens with two attached hydrogens (primary N) is 1. The molecule has 0 unspecified atom stereocenters. The van der Waals surface area contributed by atoms with Crippen molar-refractivity contribution in [3.63, 3.8) is 0 Å². The second kappa shape index (κ2) is 7.57. The van der Waals surface area contributed by atoms with Gasteiger partial charge in [0.15, 0.2) is 5.65 Å². The number of fused-ring (bicyclic) bond motifs is 1. The fourth-order valence-electron chi connectivity index (χ4n) is 3.21. The highest BCUT2D eigenvalue weighted by atomic mass is 16.2. The molecule has 0 fully saturated rings. The SMILES string of the molecule is Cc1cc(C(=O)N(CCC(N)=O)Cc2ccccc2)c2c(C)nn(C)c2n1. The Kier molecular flexibility index (Phi) is 5.21. The molecule has 140 valence electrons. The minimum atomic E-state index is -0.436. The lowest BCUT2D eigenvalue weighted by Gasteiger charge is -2.23. The van der Waals surface area contributed by atoms with Crippen LogP contribution < -0.4 is 5.73 Å². The highest BCUT2D eigenvalue weighted by Crippen LogP contribution is 2.23. The van der Waals surface area contributed by atoms with Crippen LogP contribution in [0, 0.1) is 13.8 Å². The highest BCUT2D eigenvalue weighted by molar-refractivity contribution is 6.06. The number of hydrogen-bond donors (Lipinski definition) is 1. The summed E-state index contributed by atoms with van der Waals surface area (Å²) in [4.78, 5) is 30.9. The Morgan fingerprint density at radius 1 is 1.19 bits per heavy atom. The van der Waals surface area contributed by atoms with Crippen molar-refractivity contribution in [2.75, 3.05) is 6.54 Å². The fourth-order valence-corrected chi connectivity index (χ4v) is 3.21. The molecular weight excluding hydrogens is 342 g/mol. The zero-order valence-corrected chi connectivity index (χ0v) is 15.8. The van der Waals surface area contributed by atoms with Crippen LogP contribution in [0.5, 0.6) is 0 Å². The third kappa shape index (κ3) is 3.97. The standard InChI is InChI=1S/C20H23N5O2/c1-13-11-16(18-14(2)23-24(3)19(18)22-13)20(27)25(10-9-17(21)26)12-15-7-5-4-6-8-15/h4-8,11H,9-10,12H2,1-3H3,(H2,21,26). The Bertz CT molecular complexity index is 995. The smallest absolute Gasteiger partial charge is 0.255 e. The normalized spacial score (nSPS) is 10.9. The van der Waals surface area contributed by atoms with Gasteiger partial charge in [0.05, 0.1) is 16.6 Å². The largest absolute Gasteiger partial charge is 0.370 e. The molecule has 0 saturated heterocycles. The molecule has 2 amide bonds. The van der Waals surface area contributed by atoms with Crippen LogP contribution in [0.25, 0.3) is 11.0 Å². The zero-order chi connectivity index (χ0) is 19.6. The molecule has 3 aromatic rings. The summed E-state index contributed by atoms with van der Waals surface area (Å²) in [5.74, 6) is -0.596. The number of aryl methyl sites for hydroxylation is 3. The molecule has 2 aromatic heterocycles. The first-order valence-electron chi connectivity index (χ1n) is 8.79. The lowest BCUT2D eigenvalue weighted by Crippen LogP contribution is -2.34. The van der Waals surface area contributed by atoms with E-state index < -0.39 is 5.91 Å². The topological polar surface area (TPSA) is 94.1 Å². The van der Waals surface area contributed by atoms with E-state index in [0.717, 1.165) is 22.3 Å². The van der Waals surface area contributed by atoms with E-state index in [9.17, 15) is 9.59 Å². The molecule has 3 rings (SSSR count). The summed E-state index contributed by atoms with van der Waals surface area (Å²) in [7, 11) is 1.81. The molecule has 27 heavy (non-hydrogen) atoms. The first-order chi connectivity index (χ1) is 12.9. The Labute approximate surface area is 157 Å². The van der Waals surface area contributed by atoms with Crippen molar-refractivity contribution in [2.45, 2.75) is 26.8 Å². The van der Waals surface area contributed by atoms with Gasteiger partial charge in [-0.05, 0) is 25.5 Å². The first kappa shape index (κ1) is 18.6. The van der Waals surface area contributed by atoms with Gasteiger partial charge in [-0.3, -0.25) is 14.3 Å². The summed E-state index contributed by atoms with van der Waals surface area (Å²) in [6, 6.07) is 11.5. The lowest BCUT2D eigenvalue weighted by molar-refractivity contribution is -0.118. The van der Waals surface area contributed by atoms with Crippen molar-refractivity contribution in [3.8, 4) is 0 Å². The Balaban J connectivity index is 2.03. The van der Waals surface area contributed by atoms with Gasteiger partial charge in [-0.2, -0.15) is 5.10 Å². The summed E-state index contributed by atoms with van der Waals surface area (Å²) in [6.45, 7) is 4.37. The summed E-state index contributed by atoms with van der Waals surface area (Å²) in [5.41, 5.74) is 9.01. The highest BCUT2D eigenvalue weighted by Gasteiger charge is 2.23. The van der Waals surface area contributed by atoms with Gasteiger partial charge in [-0.1, -0.05) is 30.3 Å². The molecule has 2 heterocycles. The maximum absolute atomic E-state index is 13.4. The molecule has 0 radical (unpaired) electrons. The van der Waals surface area contributed by atoms with Gasteiger partial charge in [0.2, 0.25) is 5.91 Å². The molecule has 7 nitrogen and oxygen atoms in total. The van der Waals surface area contributed by atoms with Gasteiger partial charge in [0.25, 0.3) is 5.91 Å². The number of nitrogens with zero attached hydrogens (tertiary/aromatic N) is 4. The molecule has 2 N–H and O–H groups in total. The van der Waals surface area contributed by atoms with E-state index in [1.807, 2.05) is 51.2 Å². The van der Waals surface area contributed by atoms with Gasteiger partial charge < -0.3 is 10.6 Å². The number of carbonyl (C=O) groups excluding carboxylic acids is 2. The minimum Gasteiger partial charge on any atom is -0.370 e. The summed E-state index contributed by atoms with van der Waals surface area (Å²) in [5, 5.41) is 5.14. The first-order valence-corrected chi connectivity index (χ1v) is 8.79. The van der Waals surface area contributed by atoms with E-state index in [0.29, 0.717) is 17.8 Å². The van der Waals surface area contributed by atoms with E-state index in [1.54, 1.807) is 15.6 Å². The van der Waals surface area contributed by atoms with Gasteiger partial charge in [-0.25, -0.2) is 4.98 Å². The Hall–Kier alpha value is -3.22. The molecule has 0 spiro atoms. The van der Waals surface area contributed by atoms with Crippen LogP contribution in [0.4, 0.5) is 0 Å². The number of aromatic nitrogens is 3. The number of hydrogen-bond acceptors (Lipinski definition) is 4. The molecular formula is C20H23N5O2. The number of pyridine rings is 1. The maximum Gasteiger partial charge on any atom is 0.255 e. The average molecular weight is 365 g/mol. The molecule has 0 atom stereocenters. The van der Waals surface area contributed by atoms with E-state index in [1.165, 1.54) is 0 Å². The molecule has 1 aromatic carbocycles. The van der Waals surface area contributed by atoms with Crippen LogP contribution in [0.3, 0.4) is 0 Å². The Morgan fingerprint density at radius 2 is 1.89 bits per heavy atom. The number of carbonyl (C=O) groups is 2. The van der Waals surface area contributed by atoms with Crippen molar-refractivity contribution in [1.82, 2.24) is 19.7 Å². The molecule has 0 bridgehead atoms. The molecule has 0 aliphatic rings. The van der Waals surface area contributed by atoms with Crippen molar-refractivity contribution in [1.29, 1.82) is 0 Å². The third-order valence-electron chi connectivity index (χ3n) is 4.46. The van der Waals surface area contributed by atoms with Gasteiger partial charge in [0, 0.05) is 32.3 Å². The number of amides is 2. The lowest BCUT2D eigenvalue weighted by atomic mass is 10.1. The number of rotatable bonds is 6. The van der Waals surface area contributed by atoms with Crippen LogP contribution in [0.15, 0.2) is 36.4 Å². The summed E-state index contributed by atoms with van der Waals surface area (Å²) in [6.07, 6.45) is 0.109. The van der Waals surface area contributed by atoms with E-state index in [4.69, 9.17) is 5.73 Å². The third-order valence-corrected chi connectivity index (χ3v) is 4.46. The van der Waals surface area contributed by atoms with Crippen LogP contribution >= 0.6 is 0 Å².